The van der Waals surface area contributed by atoms with Gasteiger partial charge in [0.2, 0.25) is 0 Å². The second-order valence-electron chi connectivity index (χ2n) is 5.31. The fourth-order valence-corrected chi connectivity index (χ4v) is 2.83. The number of methoxy groups -OCH3 is 2. The van der Waals surface area contributed by atoms with Gasteiger partial charge in [-0.15, -0.1) is 11.8 Å². The first kappa shape index (κ1) is 19.7. The normalized spacial score (nSPS) is 11.4. The van der Waals surface area contributed by atoms with Crippen LogP contribution >= 0.6 is 11.8 Å². The number of anilines is 1. The van der Waals surface area contributed by atoms with Gasteiger partial charge >= 0.3 is 5.97 Å². The van der Waals surface area contributed by atoms with Gasteiger partial charge in [0, 0.05) is 16.6 Å². The minimum absolute atomic E-state index is 0.436. The number of ether oxygens (including phenoxy) is 3. The predicted molar refractivity (Wildman–Crippen MR) is 101 cm³/mol. The SMILES string of the molecule is COc1ccc(NC(=O)[C@@H](C)OC(=O)c2ccccc2SC)cc1OC. The van der Waals surface area contributed by atoms with E-state index in [-0.39, 0.29) is 0 Å². The molecule has 0 saturated heterocycles. The molecule has 2 aromatic rings. The monoisotopic (exact) mass is 375 g/mol. The van der Waals surface area contributed by atoms with Crippen molar-refractivity contribution in [2.24, 2.45) is 0 Å². The third kappa shape index (κ3) is 4.70. The topological polar surface area (TPSA) is 73.9 Å². The quantitative estimate of drug-likeness (QED) is 0.589. The molecule has 0 fully saturated rings. The Kier molecular flexibility index (Phi) is 6.91. The minimum atomic E-state index is -0.953. The Labute approximate surface area is 156 Å². The summed E-state index contributed by atoms with van der Waals surface area (Å²) in [6, 6.07) is 12.1. The van der Waals surface area contributed by atoms with Crippen LogP contribution in [0.3, 0.4) is 0 Å². The molecule has 0 unspecified atom stereocenters. The van der Waals surface area contributed by atoms with Gasteiger partial charge in [-0.3, -0.25) is 4.79 Å². The average Bonchev–Trinajstić information content (AvgIpc) is 2.67. The molecule has 0 aromatic heterocycles. The zero-order valence-electron chi connectivity index (χ0n) is 15.1. The summed E-state index contributed by atoms with van der Waals surface area (Å²) in [5.74, 6) is 0.0691. The highest BCUT2D eigenvalue weighted by molar-refractivity contribution is 7.98. The van der Waals surface area contributed by atoms with Crippen molar-refractivity contribution in [1.29, 1.82) is 0 Å². The van der Waals surface area contributed by atoms with E-state index >= 15 is 0 Å². The van der Waals surface area contributed by atoms with Crippen molar-refractivity contribution in [2.45, 2.75) is 17.9 Å². The highest BCUT2D eigenvalue weighted by Crippen LogP contribution is 2.29. The van der Waals surface area contributed by atoms with Gasteiger partial charge < -0.3 is 19.5 Å². The first-order chi connectivity index (χ1) is 12.5. The fraction of sp³-hybridized carbons (Fsp3) is 0.263. The Bertz CT molecular complexity index is 793. The molecule has 1 N–H and O–H groups in total. The number of esters is 1. The third-order valence-electron chi connectivity index (χ3n) is 3.63. The molecule has 0 spiro atoms. The van der Waals surface area contributed by atoms with Crippen molar-refractivity contribution in [1.82, 2.24) is 0 Å². The minimum Gasteiger partial charge on any atom is -0.493 e. The standard InChI is InChI=1S/C19H21NO5S/c1-12(25-19(22)14-7-5-6-8-17(14)26-4)18(21)20-13-9-10-15(23-2)16(11-13)24-3/h5-12H,1-4H3,(H,20,21)/t12-/m1/s1. The van der Waals surface area contributed by atoms with Crippen LogP contribution in [0.2, 0.25) is 0 Å². The van der Waals surface area contributed by atoms with E-state index in [0.29, 0.717) is 22.7 Å². The number of carbonyl (C=O) groups excluding carboxylic acids is 2. The van der Waals surface area contributed by atoms with Crippen LogP contribution in [0.5, 0.6) is 11.5 Å². The van der Waals surface area contributed by atoms with Gasteiger partial charge in [-0.2, -0.15) is 0 Å². The van der Waals surface area contributed by atoms with Gasteiger partial charge in [0.05, 0.1) is 19.8 Å². The summed E-state index contributed by atoms with van der Waals surface area (Å²) < 4.78 is 15.7. The van der Waals surface area contributed by atoms with Crippen LogP contribution in [0.25, 0.3) is 0 Å². The first-order valence-electron chi connectivity index (χ1n) is 7.87. The molecule has 0 aliphatic carbocycles. The van der Waals surface area contributed by atoms with Crippen molar-refractivity contribution < 1.29 is 23.8 Å². The zero-order chi connectivity index (χ0) is 19.1. The van der Waals surface area contributed by atoms with Crippen LogP contribution < -0.4 is 14.8 Å². The van der Waals surface area contributed by atoms with E-state index in [4.69, 9.17) is 14.2 Å². The molecule has 0 saturated carbocycles. The number of nitrogens with one attached hydrogen (secondary N) is 1. The number of thioether (sulfide) groups is 1. The molecule has 138 valence electrons. The number of benzene rings is 2. The van der Waals surface area contributed by atoms with Crippen LogP contribution in [-0.2, 0) is 9.53 Å². The zero-order valence-corrected chi connectivity index (χ0v) is 15.9. The summed E-state index contributed by atoms with van der Waals surface area (Å²) in [5, 5.41) is 2.70. The maximum Gasteiger partial charge on any atom is 0.340 e. The van der Waals surface area contributed by atoms with Gasteiger partial charge in [0.15, 0.2) is 17.6 Å². The second-order valence-corrected chi connectivity index (χ2v) is 6.15. The van der Waals surface area contributed by atoms with E-state index in [0.717, 1.165) is 4.90 Å². The number of carbonyl (C=O) groups is 2. The van der Waals surface area contributed by atoms with Gasteiger partial charge in [-0.1, -0.05) is 12.1 Å². The second kappa shape index (κ2) is 9.15. The largest absolute Gasteiger partial charge is 0.493 e. The average molecular weight is 375 g/mol. The van der Waals surface area contributed by atoms with Crippen molar-refractivity contribution in [3.05, 3.63) is 48.0 Å². The van der Waals surface area contributed by atoms with Gasteiger partial charge in [-0.05, 0) is 37.4 Å². The Hall–Kier alpha value is -2.67. The Morgan fingerprint density at radius 2 is 1.73 bits per heavy atom. The molecule has 2 aromatic carbocycles. The summed E-state index contributed by atoms with van der Waals surface area (Å²) >= 11 is 1.44. The number of amides is 1. The van der Waals surface area contributed by atoms with Crippen LogP contribution in [0.15, 0.2) is 47.4 Å². The summed E-state index contributed by atoms with van der Waals surface area (Å²) in [7, 11) is 3.04. The molecule has 2 rings (SSSR count). The van der Waals surface area contributed by atoms with E-state index < -0.39 is 18.0 Å². The lowest BCUT2D eigenvalue weighted by Crippen LogP contribution is -2.30. The predicted octanol–water partition coefficient (Wildman–Crippen LogP) is 3.61. The fourth-order valence-electron chi connectivity index (χ4n) is 2.25. The Balaban J connectivity index is 2.04. The van der Waals surface area contributed by atoms with E-state index in [1.54, 1.807) is 30.3 Å². The molecule has 0 bridgehead atoms. The molecule has 6 nitrogen and oxygen atoms in total. The summed E-state index contributed by atoms with van der Waals surface area (Å²) in [6.45, 7) is 1.52. The Morgan fingerprint density at radius 3 is 2.38 bits per heavy atom. The van der Waals surface area contributed by atoms with E-state index in [1.807, 2.05) is 18.4 Å². The molecule has 1 atom stereocenters. The smallest absolute Gasteiger partial charge is 0.340 e. The first-order valence-corrected chi connectivity index (χ1v) is 9.09. The summed E-state index contributed by atoms with van der Waals surface area (Å²) in [5.41, 5.74) is 0.950. The third-order valence-corrected chi connectivity index (χ3v) is 4.43. The van der Waals surface area contributed by atoms with Crippen molar-refractivity contribution in [2.75, 3.05) is 25.8 Å². The van der Waals surface area contributed by atoms with Crippen molar-refractivity contribution in [3.8, 4) is 11.5 Å². The van der Waals surface area contributed by atoms with Gasteiger partial charge in [0.1, 0.15) is 0 Å². The molecule has 0 radical (unpaired) electrons. The van der Waals surface area contributed by atoms with E-state index in [1.165, 1.54) is 32.9 Å². The van der Waals surface area contributed by atoms with Crippen LogP contribution in [0.1, 0.15) is 17.3 Å². The molecule has 0 heterocycles. The number of rotatable bonds is 7. The number of hydrogen-bond acceptors (Lipinski definition) is 6. The molecule has 7 heteroatoms. The van der Waals surface area contributed by atoms with Crippen LogP contribution in [0, 0.1) is 0 Å². The molecule has 1 amide bonds. The molecule has 0 aliphatic heterocycles. The summed E-state index contributed by atoms with van der Waals surface area (Å²) in [6.07, 6.45) is 0.921. The molecule has 26 heavy (non-hydrogen) atoms. The highest BCUT2D eigenvalue weighted by Gasteiger charge is 2.21. The van der Waals surface area contributed by atoms with E-state index in [2.05, 4.69) is 5.32 Å². The summed E-state index contributed by atoms with van der Waals surface area (Å²) in [4.78, 5) is 25.4. The molecular formula is C19H21NO5S. The molecular weight excluding hydrogens is 354 g/mol. The highest BCUT2D eigenvalue weighted by atomic mass is 32.2. The van der Waals surface area contributed by atoms with Gasteiger partial charge in [-0.25, -0.2) is 4.79 Å². The Morgan fingerprint density at radius 1 is 1.04 bits per heavy atom. The number of hydrogen-bond donors (Lipinski definition) is 1. The lowest BCUT2D eigenvalue weighted by Gasteiger charge is -2.15. The molecule has 0 aliphatic rings. The van der Waals surface area contributed by atoms with Gasteiger partial charge in [0.25, 0.3) is 5.91 Å². The lowest BCUT2D eigenvalue weighted by molar-refractivity contribution is -0.123. The van der Waals surface area contributed by atoms with Crippen molar-refractivity contribution >= 4 is 29.3 Å². The van der Waals surface area contributed by atoms with Crippen molar-refractivity contribution in [3.63, 3.8) is 0 Å². The lowest BCUT2D eigenvalue weighted by atomic mass is 10.2. The van der Waals surface area contributed by atoms with Crippen LogP contribution in [0.4, 0.5) is 5.69 Å². The van der Waals surface area contributed by atoms with E-state index in [9.17, 15) is 9.59 Å². The maximum absolute atomic E-state index is 12.3. The van der Waals surface area contributed by atoms with Crippen LogP contribution in [-0.4, -0.2) is 38.5 Å². The maximum atomic E-state index is 12.3.